The molecule has 0 heterocycles. The molecule has 1 unspecified atom stereocenters. The van der Waals surface area contributed by atoms with Crippen molar-refractivity contribution in [1.29, 1.82) is 0 Å². The minimum absolute atomic E-state index is 0.0510. The minimum atomic E-state index is -3.83. The first-order valence-corrected chi connectivity index (χ1v) is 7.42. The highest BCUT2D eigenvalue weighted by molar-refractivity contribution is 7.89. The van der Waals surface area contributed by atoms with Crippen molar-refractivity contribution in [2.75, 3.05) is 20.8 Å². The molecule has 1 rings (SSSR count). The Hall–Kier alpha value is -1.84. The van der Waals surface area contributed by atoms with Crippen LogP contribution in [-0.4, -0.2) is 51.5 Å². The van der Waals surface area contributed by atoms with Crippen LogP contribution in [0.5, 0.6) is 11.5 Å². The molecule has 0 bridgehead atoms. The Morgan fingerprint density at radius 3 is 2.43 bits per heavy atom. The van der Waals surface area contributed by atoms with Gasteiger partial charge in [-0.1, -0.05) is 0 Å². The van der Waals surface area contributed by atoms with Crippen LogP contribution < -0.4 is 14.2 Å². The highest BCUT2D eigenvalue weighted by Crippen LogP contribution is 2.29. The normalized spacial score (nSPS) is 12.7. The molecule has 1 aromatic rings. The fraction of sp³-hybridized carbons (Fsp3) is 0.417. The summed E-state index contributed by atoms with van der Waals surface area (Å²) in [6, 6.07) is 4.06. The van der Waals surface area contributed by atoms with Gasteiger partial charge < -0.3 is 19.7 Å². The first-order chi connectivity index (χ1) is 9.81. The van der Waals surface area contributed by atoms with Gasteiger partial charge in [0.25, 0.3) is 0 Å². The van der Waals surface area contributed by atoms with Crippen LogP contribution in [-0.2, 0) is 14.8 Å². The summed E-state index contributed by atoms with van der Waals surface area (Å²) < 4.78 is 36.2. The lowest BCUT2D eigenvalue weighted by atomic mass is 10.3. The Morgan fingerprint density at radius 2 is 1.90 bits per heavy atom. The van der Waals surface area contributed by atoms with E-state index in [1.54, 1.807) is 0 Å². The van der Waals surface area contributed by atoms with Gasteiger partial charge in [0.05, 0.1) is 19.1 Å². The third-order valence-electron chi connectivity index (χ3n) is 2.66. The minimum Gasteiger partial charge on any atom is -0.493 e. The second-order valence-corrected chi connectivity index (χ2v) is 5.82. The van der Waals surface area contributed by atoms with Gasteiger partial charge in [0.2, 0.25) is 10.0 Å². The Labute approximate surface area is 122 Å². The van der Waals surface area contributed by atoms with Crippen molar-refractivity contribution in [3.63, 3.8) is 0 Å². The predicted molar refractivity (Wildman–Crippen MR) is 73.0 cm³/mol. The molecular formula is C12H17NO7S. The lowest BCUT2D eigenvalue weighted by Crippen LogP contribution is -2.30. The number of carboxylic acid groups (broad SMARTS) is 1. The molecule has 1 aromatic carbocycles. The summed E-state index contributed by atoms with van der Waals surface area (Å²) in [5.41, 5.74) is 0. The SMILES string of the molecule is COc1ccc(S(=O)(=O)NCCC(O)C(=O)O)cc1OC. The number of hydrogen-bond acceptors (Lipinski definition) is 6. The molecule has 21 heavy (non-hydrogen) atoms. The molecule has 9 heteroatoms. The number of methoxy groups -OCH3 is 2. The molecule has 0 radical (unpaired) electrons. The molecule has 0 saturated heterocycles. The fourth-order valence-electron chi connectivity index (χ4n) is 1.52. The molecule has 0 saturated carbocycles. The molecule has 0 fully saturated rings. The van der Waals surface area contributed by atoms with Gasteiger partial charge in [0, 0.05) is 12.6 Å². The van der Waals surface area contributed by atoms with Gasteiger partial charge in [-0.25, -0.2) is 17.9 Å². The number of nitrogens with one attached hydrogen (secondary N) is 1. The van der Waals surface area contributed by atoms with Crippen molar-refractivity contribution in [1.82, 2.24) is 4.72 Å². The number of rotatable bonds is 8. The molecule has 0 spiro atoms. The van der Waals surface area contributed by atoms with Crippen molar-refractivity contribution in [3.05, 3.63) is 18.2 Å². The van der Waals surface area contributed by atoms with Gasteiger partial charge in [0.1, 0.15) is 0 Å². The van der Waals surface area contributed by atoms with Gasteiger partial charge >= 0.3 is 5.97 Å². The average Bonchev–Trinajstić information content (AvgIpc) is 2.45. The van der Waals surface area contributed by atoms with E-state index in [9.17, 15) is 13.2 Å². The monoisotopic (exact) mass is 319 g/mol. The third kappa shape index (κ3) is 4.59. The largest absolute Gasteiger partial charge is 0.493 e. The van der Waals surface area contributed by atoms with Gasteiger partial charge in [-0.3, -0.25) is 0 Å². The zero-order valence-corrected chi connectivity index (χ0v) is 12.4. The number of ether oxygens (including phenoxy) is 2. The summed E-state index contributed by atoms with van der Waals surface area (Å²) in [7, 11) is -1.02. The van der Waals surface area contributed by atoms with Gasteiger partial charge in [-0.2, -0.15) is 0 Å². The highest BCUT2D eigenvalue weighted by atomic mass is 32.2. The summed E-state index contributed by atoms with van der Waals surface area (Å²) in [5, 5.41) is 17.6. The quantitative estimate of drug-likeness (QED) is 0.607. The van der Waals surface area contributed by atoms with E-state index >= 15 is 0 Å². The molecule has 3 N–H and O–H groups in total. The third-order valence-corrected chi connectivity index (χ3v) is 4.12. The highest BCUT2D eigenvalue weighted by Gasteiger charge is 2.18. The van der Waals surface area contributed by atoms with Crippen molar-refractivity contribution in [2.45, 2.75) is 17.4 Å². The Morgan fingerprint density at radius 1 is 1.29 bits per heavy atom. The Bertz CT molecular complexity index is 600. The van der Waals surface area contributed by atoms with E-state index in [0.29, 0.717) is 5.75 Å². The van der Waals surface area contributed by atoms with Crippen LogP contribution in [0, 0.1) is 0 Å². The number of carboxylic acids is 1. The second-order valence-electron chi connectivity index (χ2n) is 4.06. The molecule has 0 amide bonds. The summed E-state index contributed by atoms with van der Waals surface area (Å²) >= 11 is 0. The van der Waals surface area contributed by atoms with Crippen LogP contribution in [0.25, 0.3) is 0 Å². The lowest BCUT2D eigenvalue weighted by Gasteiger charge is -2.11. The fourth-order valence-corrected chi connectivity index (χ4v) is 2.58. The first kappa shape index (κ1) is 17.2. The van der Waals surface area contributed by atoms with E-state index in [1.807, 2.05) is 0 Å². The van der Waals surface area contributed by atoms with Gasteiger partial charge in [-0.05, 0) is 18.6 Å². The molecule has 0 aliphatic heterocycles. The number of aliphatic hydroxyl groups is 1. The number of aliphatic hydroxyl groups excluding tert-OH is 1. The van der Waals surface area contributed by atoms with E-state index in [1.165, 1.54) is 32.4 Å². The van der Waals surface area contributed by atoms with E-state index < -0.39 is 22.1 Å². The average molecular weight is 319 g/mol. The molecule has 0 aliphatic carbocycles. The van der Waals surface area contributed by atoms with Crippen molar-refractivity contribution in [3.8, 4) is 11.5 Å². The standard InChI is InChI=1S/C12H17NO7S/c1-19-10-4-3-8(7-11(10)20-2)21(17,18)13-6-5-9(14)12(15)16/h3-4,7,9,13-14H,5-6H2,1-2H3,(H,15,16). The first-order valence-electron chi connectivity index (χ1n) is 5.94. The number of benzene rings is 1. The molecule has 0 aliphatic rings. The van der Waals surface area contributed by atoms with E-state index in [0.717, 1.165) is 0 Å². The summed E-state index contributed by atoms with van der Waals surface area (Å²) in [6.07, 6.45) is -1.85. The topological polar surface area (TPSA) is 122 Å². The Balaban J connectivity index is 2.81. The molecule has 1 atom stereocenters. The Kier molecular flexibility index (Phi) is 5.94. The van der Waals surface area contributed by atoms with Crippen LogP contribution in [0.4, 0.5) is 0 Å². The van der Waals surface area contributed by atoms with Crippen molar-refractivity contribution < 1.29 is 32.9 Å². The van der Waals surface area contributed by atoms with Crippen LogP contribution in [0.2, 0.25) is 0 Å². The number of sulfonamides is 1. The lowest BCUT2D eigenvalue weighted by molar-refractivity contribution is -0.146. The zero-order valence-electron chi connectivity index (χ0n) is 11.6. The number of carbonyl (C=O) groups is 1. The molecule has 0 aromatic heterocycles. The van der Waals surface area contributed by atoms with Crippen molar-refractivity contribution in [2.24, 2.45) is 0 Å². The molecular weight excluding hydrogens is 302 g/mol. The van der Waals surface area contributed by atoms with Crippen LogP contribution in [0.3, 0.4) is 0 Å². The van der Waals surface area contributed by atoms with E-state index in [-0.39, 0.29) is 23.6 Å². The van der Waals surface area contributed by atoms with Crippen molar-refractivity contribution >= 4 is 16.0 Å². The summed E-state index contributed by atoms with van der Waals surface area (Å²) in [4.78, 5) is 10.4. The smallest absolute Gasteiger partial charge is 0.332 e. The summed E-state index contributed by atoms with van der Waals surface area (Å²) in [5.74, 6) is -0.760. The van der Waals surface area contributed by atoms with E-state index in [4.69, 9.17) is 19.7 Å². The predicted octanol–water partition coefficient (Wildman–Crippen LogP) is -0.182. The van der Waals surface area contributed by atoms with Gasteiger partial charge in [0.15, 0.2) is 17.6 Å². The summed E-state index contributed by atoms with van der Waals surface area (Å²) in [6.45, 7) is -0.204. The molecule has 118 valence electrons. The van der Waals surface area contributed by atoms with Crippen LogP contribution in [0.15, 0.2) is 23.1 Å². The maximum Gasteiger partial charge on any atom is 0.332 e. The van der Waals surface area contributed by atoms with E-state index in [2.05, 4.69) is 4.72 Å². The molecule has 8 nitrogen and oxygen atoms in total. The number of hydrogen-bond donors (Lipinski definition) is 3. The maximum atomic E-state index is 12.0. The van der Waals surface area contributed by atoms with Crippen LogP contribution in [0.1, 0.15) is 6.42 Å². The van der Waals surface area contributed by atoms with Gasteiger partial charge in [-0.15, -0.1) is 0 Å². The number of aliphatic carboxylic acids is 1. The van der Waals surface area contributed by atoms with Crippen LogP contribution >= 0.6 is 0 Å². The maximum absolute atomic E-state index is 12.0. The zero-order chi connectivity index (χ0) is 16.0. The second kappa shape index (κ2) is 7.25.